The largest absolute Gasteiger partial charge is 0.573 e. The summed E-state index contributed by atoms with van der Waals surface area (Å²) in [6.07, 6.45) is -4.66. The van der Waals surface area contributed by atoms with Gasteiger partial charge >= 0.3 is 6.36 Å². The van der Waals surface area contributed by atoms with Crippen LogP contribution in [0.4, 0.5) is 17.6 Å². The lowest BCUT2D eigenvalue weighted by Crippen LogP contribution is -2.18. The van der Waals surface area contributed by atoms with Gasteiger partial charge in [0.2, 0.25) is 0 Å². The van der Waals surface area contributed by atoms with Crippen LogP contribution in [0, 0.1) is 5.82 Å². The molecule has 2 aromatic rings. The van der Waals surface area contributed by atoms with E-state index in [4.69, 9.17) is 0 Å². The first kappa shape index (κ1) is 15.1. The molecule has 0 aliphatic carbocycles. The predicted molar refractivity (Wildman–Crippen MR) is 71.7 cm³/mol. The lowest BCUT2D eigenvalue weighted by molar-refractivity contribution is -0.274. The Morgan fingerprint density at radius 3 is 2.36 bits per heavy atom. The van der Waals surface area contributed by atoms with Gasteiger partial charge in [0.25, 0.3) is 0 Å². The molecule has 8 heteroatoms. The highest BCUT2D eigenvalue weighted by molar-refractivity contribution is 8.24. The maximum Gasteiger partial charge on any atom is 0.573 e. The summed E-state index contributed by atoms with van der Waals surface area (Å²) in [5, 5.41) is 0. The lowest BCUT2D eigenvalue weighted by Gasteiger charge is -2.39. The van der Waals surface area contributed by atoms with Gasteiger partial charge < -0.3 is 4.74 Å². The van der Waals surface area contributed by atoms with Crippen molar-refractivity contribution in [2.24, 2.45) is 0 Å². The van der Waals surface area contributed by atoms with Gasteiger partial charge in [-0.3, -0.25) is 9.11 Å². The predicted octanol–water partition coefficient (Wildman–Crippen LogP) is 4.80. The van der Waals surface area contributed by atoms with E-state index >= 15 is 0 Å². The molecular formula is C14H10F4O3S. The molecule has 118 valence electrons. The van der Waals surface area contributed by atoms with Crippen molar-refractivity contribution in [3.63, 3.8) is 0 Å². The smallest absolute Gasteiger partial charge is 0.406 e. The first-order valence-corrected chi connectivity index (χ1v) is 7.67. The number of fused-ring (bicyclic) bond motifs is 2. The van der Waals surface area contributed by atoms with Gasteiger partial charge in [0, 0.05) is 6.42 Å². The molecule has 2 N–H and O–H groups in total. The number of rotatable bonds is 1. The van der Waals surface area contributed by atoms with E-state index in [1.807, 2.05) is 0 Å². The molecule has 2 aromatic carbocycles. The molecule has 0 saturated carbocycles. The number of hydrogen-bond acceptors (Lipinski definition) is 3. The second kappa shape index (κ2) is 4.87. The zero-order valence-electron chi connectivity index (χ0n) is 10.9. The minimum atomic E-state index is -4.83. The molecule has 0 atom stereocenters. The van der Waals surface area contributed by atoms with E-state index in [1.54, 1.807) is 0 Å². The first-order valence-electron chi connectivity index (χ1n) is 6.12. The van der Waals surface area contributed by atoms with Crippen molar-refractivity contribution in [1.29, 1.82) is 0 Å². The zero-order chi connectivity index (χ0) is 16.1. The Labute approximate surface area is 124 Å². The van der Waals surface area contributed by atoms with E-state index in [0.29, 0.717) is 11.1 Å². The molecular weight excluding hydrogens is 324 g/mol. The van der Waals surface area contributed by atoms with E-state index in [0.717, 1.165) is 24.3 Å². The Balaban J connectivity index is 2.07. The number of halogens is 4. The monoisotopic (exact) mass is 334 g/mol. The summed E-state index contributed by atoms with van der Waals surface area (Å²) in [4.78, 5) is 0.143. The number of ether oxygens (including phenoxy) is 1. The third-order valence-electron chi connectivity index (χ3n) is 3.29. The van der Waals surface area contributed by atoms with Gasteiger partial charge in [-0.05, 0) is 41.5 Å². The second-order valence-corrected chi connectivity index (χ2v) is 6.77. The van der Waals surface area contributed by atoms with Crippen LogP contribution in [0.2, 0.25) is 0 Å². The molecule has 3 rings (SSSR count). The van der Waals surface area contributed by atoms with Crippen molar-refractivity contribution in [1.82, 2.24) is 0 Å². The Bertz CT molecular complexity index is 743. The molecule has 0 amide bonds. The molecule has 22 heavy (non-hydrogen) atoms. The standard InChI is InChI=1S/C14H10F4O3S/c15-10-2-1-8-5-9-6-11(21-14(16,17)18)3-4-12(9)22(19,20)13(8)7-10/h1-4,6-7,19-20H,5H2. The minimum Gasteiger partial charge on any atom is -0.406 e. The van der Waals surface area contributed by atoms with Crippen LogP contribution in [0.1, 0.15) is 11.1 Å². The molecule has 0 aromatic heterocycles. The number of alkyl halides is 3. The van der Waals surface area contributed by atoms with Gasteiger partial charge in [-0.15, -0.1) is 23.8 Å². The van der Waals surface area contributed by atoms with Crippen molar-refractivity contribution in [3.8, 4) is 5.75 Å². The van der Waals surface area contributed by atoms with Crippen LogP contribution in [0.5, 0.6) is 5.75 Å². The van der Waals surface area contributed by atoms with Crippen LogP contribution in [0.3, 0.4) is 0 Å². The molecule has 1 aliphatic heterocycles. The van der Waals surface area contributed by atoms with Crippen LogP contribution in [-0.4, -0.2) is 15.5 Å². The summed E-state index contributed by atoms with van der Waals surface area (Å²) in [6.45, 7) is 0. The maximum absolute atomic E-state index is 13.3. The fraction of sp³-hybridized carbons (Fsp3) is 0.143. The SMILES string of the molecule is OS1(O)c2ccc(OC(F)(F)F)cc2Cc2ccc(F)cc21. The van der Waals surface area contributed by atoms with Crippen molar-refractivity contribution >= 4 is 10.6 Å². The highest BCUT2D eigenvalue weighted by atomic mass is 32.3. The fourth-order valence-corrected chi connectivity index (χ4v) is 4.21. The summed E-state index contributed by atoms with van der Waals surface area (Å²) >= 11 is 0. The molecule has 0 radical (unpaired) electrons. The Kier molecular flexibility index (Phi) is 3.35. The Morgan fingerprint density at radius 1 is 0.955 bits per heavy atom. The number of hydrogen-bond donors (Lipinski definition) is 2. The fourth-order valence-electron chi connectivity index (χ4n) is 2.43. The highest BCUT2D eigenvalue weighted by Crippen LogP contribution is 2.61. The molecule has 0 saturated heterocycles. The van der Waals surface area contributed by atoms with Gasteiger partial charge in [-0.2, -0.15) is 0 Å². The average Bonchev–Trinajstić information content (AvgIpc) is 2.38. The van der Waals surface area contributed by atoms with Crippen molar-refractivity contribution in [2.45, 2.75) is 22.6 Å². The summed E-state index contributed by atoms with van der Waals surface area (Å²) in [5.74, 6) is -1.05. The van der Waals surface area contributed by atoms with Crippen LogP contribution in [-0.2, 0) is 6.42 Å². The topological polar surface area (TPSA) is 49.7 Å². The molecule has 1 aliphatic rings. The molecule has 0 bridgehead atoms. The number of benzene rings is 2. The van der Waals surface area contributed by atoms with Gasteiger partial charge in [0.1, 0.15) is 11.6 Å². The van der Waals surface area contributed by atoms with Gasteiger partial charge in [0.15, 0.2) is 0 Å². The molecule has 1 heterocycles. The molecule has 0 fully saturated rings. The minimum absolute atomic E-state index is 0.0597. The Morgan fingerprint density at radius 2 is 1.68 bits per heavy atom. The van der Waals surface area contributed by atoms with Gasteiger partial charge in [0.05, 0.1) is 9.79 Å². The summed E-state index contributed by atoms with van der Waals surface area (Å²) in [6, 6.07) is 6.87. The van der Waals surface area contributed by atoms with E-state index in [9.17, 15) is 26.7 Å². The molecule has 0 spiro atoms. The van der Waals surface area contributed by atoms with Crippen molar-refractivity contribution in [2.75, 3.05) is 0 Å². The highest BCUT2D eigenvalue weighted by Gasteiger charge is 2.34. The van der Waals surface area contributed by atoms with E-state index in [-0.39, 0.29) is 16.2 Å². The van der Waals surface area contributed by atoms with Crippen molar-refractivity contribution in [3.05, 3.63) is 53.3 Å². The maximum atomic E-state index is 13.3. The van der Waals surface area contributed by atoms with E-state index in [1.165, 1.54) is 12.1 Å². The van der Waals surface area contributed by atoms with E-state index in [2.05, 4.69) is 4.74 Å². The average molecular weight is 334 g/mol. The molecule has 3 nitrogen and oxygen atoms in total. The van der Waals surface area contributed by atoms with E-state index < -0.39 is 28.5 Å². The van der Waals surface area contributed by atoms with Crippen molar-refractivity contribution < 1.29 is 31.4 Å². The van der Waals surface area contributed by atoms with Crippen LogP contribution in [0.15, 0.2) is 46.2 Å². The van der Waals surface area contributed by atoms with Gasteiger partial charge in [-0.25, -0.2) is 4.39 Å². The second-order valence-electron chi connectivity index (χ2n) is 4.80. The third kappa shape index (κ3) is 2.65. The van der Waals surface area contributed by atoms with Crippen LogP contribution >= 0.6 is 10.6 Å². The first-order chi connectivity index (χ1) is 10.2. The zero-order valence-corrected chi connectivity index (χ0v) is 11.7. The molecule has 0 unspecified atom stereocenters. The van der Waals surface area contributed by atoms with Gasteiger partial charge in [-0.1, -0.05) is 6.07 Å². The van der Waals surface area contributed by atoms with Crippen LogP contribution in [0.25, 0.3) is 0 Å². The summed E-state index contributed by atoms with van der Waals surface area (Å²) in [5.41, 5.74) is 0.763. The normalized spacial score (nSPS) is 17.4. The van der Waals surface area contributed by atoms with Crippen LogP contribution < -0.4 is 4.74 Å². The summed E-state index contributed by atoms with van der Waals surface area (Å²) < 4.78 is 74.6. The Hall–Kier alpha value is -1.77. The summed E-state index contributed by atoms with van der Waals surface area (Å²) in [7, 11) is -3.46. The quantitative estimate of drug-likeness (QED) is 0.737. The third-order valence-corrected chi connectivity index (χ3v) is 5.29. The lowest BCUT2D eigenvalue weighted by atomic mass is 10.0.